The molecule has 2 aromatic carbocycles. The molecule has 0 aromatic heterocycles. The first-order valence-corrected chi connectivity index (χ1v) is 7.88. The smallest absolute Gasteiger partial charge is 0.256 e. The molecular formula is C14H10Br3NO. The van der Waals surface area contributed by atoms with Crippen molar-refractivity contribution in [3.8, 4) is 0 Å². The Hall–Kier alpha value is -0.650. The highest BCUT2D eigenvalue weighted by molar-refractivity contribution is 9.11. The minimum absolute atomic E-state index is 0.144. The Labute approximate surface area is 137 Å². The van der Waals surface area contributed by atoms with Crippen LogP contribution in [0, 0.1) is 6.92 Å². The molecule has 0 spiro atoms. The molecule has 0 unspecified atom stereocenters. The first-order chi connectivity index (χ1) is 8.99. The van der Waals surface area contributed by atoms with Crippen molar-refractivity contribution in [1.29, 1.82) is 0 Å². The molecule has 0 heterocycles. The molecule has 2 nitrogen and oxygen atoms in total. The van der Waals surface area contributed by atoms with E-state index in [2.05, 4.69) is 53.1 Å². The van der Waals surface area contributed by atoms with Crippen LogP contribution in [-0.2, 0) is 0 Å². The SMILES string of the molecule is Cc1c(Br)cccc1NC(=O)c1cc(Br)ccc1Br. The Bertz CT molecular complexity index is 641. The number of hydrogen-bond acceptors (Lipinski definition) is 1. The zero-order valence-electron chi connectivity index (χ0n) is 10.0. The number of amides is 1. The van der Waals surface area contributed by atoms with Gasteiger partial charge in [0.05, 0.1) is 5.56 Å². The van der Waals surface area contributed by atoms with E-state index in [9.17, 15) is 4.79 Å². The summed E-state index contributed by atoms with van der Waals surface area (Å²) in [5.41, 5.74) is 2.39. The Morgan fingerprint density at radius 2 is 1.79 bits per heavy atom. The molecular weight excluding hydrogens is 438 g/mol. The van der Waals surface area contributed by atoms with E-state index in [4.69, 9.17) is 0 Å². The van der Waals surface area contributed by atoms with Gasteiger partial charge in [-0.25, -0.2) is 0 Å². The number of carbonyl (C=O) groups is 1. The maximum atomic E-state index is 12.3. The predicted molar refractivity (Wildman–Crippen MR) is 88.7 cm³/mol. The molecule has 98 valence electrons. The molecule has 0 saturated carbocycles. The Morgan fingerprint density at radius 3 is 2.53 bits per heavy atom. The van der Waals surface area contributed by atoms with Crippen LogP contribution in [0.25, 0.3) is 0 Å². The number of benzene rings is 2. The van der Waals surface area contributed by atoms with Crippen molar-refractivity contribution >= 4 is 59.4 Å². The molecule has 1 amide bonds. The summed E-state index contributed by atoms with van der Waals surface area (Å²) in [7, 11) is 0. The fourth-order valence-corrected chi connectivity index (χ4v) is 2.76. The molecule has 0 radical (unpaired) electrons. The molecule has 0 aliphatic carbocycles. The first-order valence-electron chi connectivity index (χ1n) is 5.50. The molecule has 5 heteroatoms. The predicted octanol–water partition coefficient (Wildman–Crippen LogP) is 5.53. The standard InChI is InChI=1S/C14H10Br3NO/c1-8-11(16)3-2-4-13(8)18-14(19)10-7-9(15)5-6-12(10)17/h2-7H,1H3,(H,18,19). The van der Waals surface area contributed by atoms with Crippen molar-refractivity contribution < 1.29 is 4.79 Å². The van der Waals surface area contributed by atoms with E-state index < -0.39 is 0 Å². The van der Waals surface area contributed by atoms with Crippen LogP contribution in [0.15, 0.2) is 49.8 Å². The number of carbonyl (C=O) groups excluding carboxylic acids is 1. The van der Waals surface area contributed by atoms with Crippen molar-refractivity contribution in [1.82, 2.24) is 0 Å². The minimum Gasteiger partial charge on any atom is -0.322 e. The van der Waals surface area contributed by atoms with Crippen molar-refractivity contribution in [3.05, 3.63) is 60.9 Å². The van der Waals surface area contributed by atoms with E-state index in [0.29, 0.717) is 5.56 Å². The van der Waals surface area contributed by atoms with Gasteiger partial charge in [-0.3, -0.25) is 4.79 Å². The zero-order valence-corrected chi connectivity index (χ0v) is 14.8. The number of hydrogen-bond donors (Lipinski definition) is 1. The summed E-state index contributed by atoms with van der Waals surface area (Å²) < 4.78 is 2.60. The van der Waals surface area contributed by atoms with E-state index in [-0.39, 0.29) is 5.91 Å². The van der Waals surface area contributed by atoms with Crippen molar-refractivity contribution in [2.75, 3.05) is 5.32 Å². The van der Waals surface area contributed by atoms with Gasteiger partial charge in [0.25, 0.3) is 5.91 Å². The van der Waals surface area contributed by atoms with Crippen LogP contribution in [0.3, 0.4) is 0 Å². The molecule has 1 N–H and O–H groups in total. The normalized spacial score (nSPS) is 10.3. The van der Waals surface area contributed by atoms with Gasteiger partial charge in [-0.2, -0.15) is 0 Å². The second-order valence-electron chi connectivity index (χ2n) is 3.99. The Kier molecular flexibility index (Phi) is 4.81. The minimum atomic E-state index is -0.144. The third kappa shape index (κ3) is 3.46. The second kappa shape index (κ2) is 6.20. The summed E-state index contributed by atoms with van der Waals surface area (Å²) in [4.78, 5) is 12.3. The Morgan fingerprint density at radius 1 is 1.05 bits per heavy atom. The first kappa shape index (κ1) is 14.8. The number of anilines is 1. The van der Waals surface area contributed by atoms with Crippen LogP contribution in [0.5, 0.6) is 0 Å². The van der Waals surface area contributed by atoms with E-state index in [1.807, 2.05) is 37.3 Å². The van der Waals surface area contributed by atoms with Crippen molar-refractivity contribution in [2.24, 2.45) is 0 Å². The maximum absolute atomic E-state index is 12.3. The lowest BCUT2D eigenvalue weighted by Gasteiger charge is -2.10. The van der Waals surface area contributed by atoms with E-state index >= 15 is 0 Å². The van der Waals surface area contributed by atoms with Crippen LogP contribution < -0.4 is 5.32 Å². The molecule has 0 fully saturated rings. The number of rotatable bonds is 2. The molecule has 2 rings (SSSR count). The third-order valence-electron chi connectivity index (χ3n) is 2.69. The molecule has 2 aromatic rings. The summed E-state index contributed by atoms with van der Waals surface area (Å²) >= 11 is 10.2. The van der Waals surface area contributed by atoms with Gasteiger partial charge in [-0.1, -0.05) is 37.9 Å². The van der Waals surface area contributed by atoms with Gasteiger partial charge in [-0.05, 0) is 58.7 Å². The van der Waals surface area contributed by atoms with Gasteiger partial charge in [0.15, 0.2) is 0 Å². The molecule has 0 bridgehead atoms. The van der Waals surface area contributed by atoms with E-state index in [0.717, 1.165) is 24.7 Å². The monoisotopic (exact) mass is 445 g/mol. The number of halogens is 3. The quantitative estimate of drug-likeness (QED) is 0.643. The highest BCUT2D eigenvalue weighted by Crippen LogP contribution is 2.26. The van der Waals surface area contributed by atoms with Crippen LogP contribution in [0.4, 0.5) is 5.69 Å². The second-order valence-corrected chi connectivity index (χ2v) is 6.62. The van der Waals surface area contributed by atoms with E-state index in [1.54, 1.807) is 6.07 Å². The largest absolute Gasteiger partial charge is 0.322 e. The van der Waals surface area contributed by atoms with Crippen LogP contribution in [-0.4, -0.2) is 5.91 Å². The number of nitrogens with one attached hydrogen (secondary N) is 1. The molecule has 19 heavy (non-hydrogen) atoms. The average molecular weight is 448 g/mol. The van der Waals surface area contributed by atoms with Crippen molar-refractivity contribution in [3.63, 3.8) is 0 Å². The van der Waals surface area contributed by atoms with Gasteiger partial charge < -0.3 is 5.32 Å². The summed E-state index contributed by atoms with van der Waals surface area (Å²) in [5, 5.41) is 2.92. The molecule has 0 atom stereocenters. The topological polar surface area (TPSA) is 29.1 Å². The fourth-order valence-electron chi connectivity index (χ4n) is 1.60. The van der Waals surface area contributed by atoms with E-state index in [1.165, 1.54) is 0 Å². The Balaban J connectivity index is 2.31. The van der Waals surface area contributed by atoms with Crippen LogP contribution in [0.2, 0.25) is 0 Å². The summed E-state index contributed by atoms with van der Waals surface area (Å²) in [6, 6.07) is 11.2. The highest BCUT2D eigenvalue weighted by atomic mass is 79.9. The molecule has 0 aliphatic rings. The summed E-state index contributed by atoms with van der Waals surface area (Å²) in [5.74, 6) is -0.144. The van der Waals surface area contributed by atoms with Gasteiger partial charge in [0.2, 0.25) is 0 Å². The third-order valence-corrected chi connectivity index (χ3v) is 4.73. The van der Waals surface area contributed by atoms with Gasteiger partial charge in [-0.15, -0.1) is 0 Å². The fraction of sp³-hybridized carbons (Fsp3) is 0.0714. The van der Waals surface area contributed by atoms with Gasteiger partial charge in [0, 0.05) is 19.1 Å². The molecule has 0 saturated heterocycles. The molecule has 0 aliphatic heterocycles. The lowest BCUT2D eigenvalue weighted by atomic mass is 10.1. The lowest BCUT2D eigenvalue weighted by Crippen LogP contribution is -2.13. The lowest BCUT2D eigenvalue weighted by molar-refractivity contribution is 0.102. The summed E-state index contributed by atoms with van der Waals surface area (Å²) in [6.45, 7) is 1.95. The van der Waals surface area contributed by atoms with Crippen LogP contribution in [0.1, 0.15) is 15.9 Å². The summed E-state index contributed by atoms with van der Waals surface area (Å²) in [6.07, 6.45) is 0. The van der Waals surface area contributed by atoms with Gasteiger partial charge in [0.1, 0.15) is 0 Å². The highest BCUT2D eigenvalue weighted by Gasteiger charge is 2.12. The van der Waals surface area contributed by atoms with Crippen LogP contribution >= 0.6 is 47.8 Å². The maximum Gasteiger partial charge on any atom is 0.256 e. The average Bonchev–Trinajstić information content (AvgIpc) is 2.38. The van der Waals surface area contributed by atoms with Crippen molar-refractivity contribution in [2.45, 2.75) is 6.92 Å². The van der Waals surface area contributed by atoms with Gasteiger partial charge >= 0.3 is 0 Å². The zero-order chi connectivity index (χ0) is 14.0.